The monoisotopic (exact) mass is 330 g/mol. The van der Waals surface area contributed by atoms with Crippen molar-refractivity contribution in [2.75, 3.05) is 18.5 Å². The van der Waals surface area contributed by atoms with E-state index >= 15 is 0 Å². The Morgan fingerprint density at radius 3 is 2.91 bits per heavy atom. The molecule has 0 spiro atoms. The highest BCUT2D eigenvalue weighted by molar-refractivity contribution is 7.99. The first kappa shape index (κ1) is 16.7. The Morgan fingerprint density at radius 1 is 1.22 bits per heavy atom. The maximum Gasteiger partial charge on any atom is 0.0656 e. The van der Waals surface area contributed by atoms with Gasteiger partial charge in [-0.25, -0.2) is 0 Å². The van der Waals surface area contributed by atoms with Crippen molar-refractivity contribution in [1.82, 2.24) is 0 Å². The lowest BCUT2D eigenvalue weighted by molar-refractivity contribution is 0.1000. The third kappa shape index (κ3) is 5.16. The van der Waals surface area contributed by atoms with Crippen LogP contribution >= 0.6 is 11.8 Å². The highest BCUT2D eigenvalue weighted by atomic mass is 32.2. The highest BCUT2D eigenvalue weighted by Crippen LogP contribution is 2.28. The summed E-state index contributed by atoms with van der Waals surface area (Å²) < 4.78 is 5.43. The number of ether oxygens (including phenoxy) is 1. The molecule has 1 heterocycles. The third-order valence-electron chi connectivity index (χ3n) is 4.81. The van der Waals surface area contributed by atoms with Gasteiger partial charge in [0.05, 0.1) is 6.07 Å². The molecule has 1 aliphatic carbocycles. The fraction of sp³-hybridized carbons (Fsp3) is 0.632. The summed E-state index contributed by atoms with van der Waals surface area (Å²) in [6.45, 7) is 1.84. The second-order valence-electron chi connectivity index (χ2n) is 6.66. The van der Waals surface area contributed by atoms with E-state index in [9.17, 15) is 0 Å². The first-order chi connectivity index (χ1) is 11.3. The largest absolute Gasteiger partial charge is 0.382 e. The van der Waals surface area contributed by atoms with E-state index in [1.165, 1.54) is 30.5 Å². The second kappa shape index (κ2) is 8.61. The average molecular weight is 330 g/mol. The van der Waals surface area contributed by atoms with Crippen LogP contribution in [0.3, 0.4) is 0 Å². The first-order valence-electron chi connectivity index (χ1n) is 8.78. The van der Waals surface area contributed by atoms with Crippen LogP contribution in [0.5, 0.6) is 0 Å². The topological polar surface area (TPSA) is 45.0 Å². The van der Waals surface area contributed by atoms with E-state index in [4.69, 9.17) is 10.00 Å². The lowest BCUT2D eigenvalue weighted by Crippen LogP contribution is -2.26. The van der Waals surface area contributed by atoms with Gasteiger partial charge in [0, 0.05) is 41.9 Å². The van der Waals surface area contributed by atoms with Gasteiger partial charge in [0.15, 0.2) is 0 Å². The Labute approximate surface area is 143 Å². The Morgan fingerprint density at radius 2 is 2.09 bits per heavy atom. The molecule has 0 aromatic heterocycles. The predicted molar refractivity (Wildman–Crippen MR) is 96.6 cm³/mol. The van der Waals surface area contributed by atoms with Crippen molar-refractivity contribution in [2.45, 2.75) is 55.6 Å². The van der Waals surface area contributed by atoms with E-state index in [-0.39, 0.29) is 5.92 Å². The number of rotatable bonds is 5. The molecule has 3 rings (SSSR count). The number of nitriles is 1. The zero-order valence-electron chi connectivity index (χ0n) is 13.7. The Kier molecular flexibility index (Phi) is 6.24. The molecule has 1 aromatic rings. The van der Waals surface area contributed by atoms with E-state index in [0.717, 1.165) is 43.5 Å². The number of hydrogen-bond acceptors (Lipinski definition) is 4. The Bertz CT molecular complexity index is 536. The molecule has 2 aliphatic rings. The molecule has 1 aliphatic heterocycles. The molecule has 4 heteroatoms. The van der Waals surface area contributed by atoms with Gasteiger partial charge in [0.1, 0.15) is 0 Å². The van der Waals surface area contributed by atoms with E-state index in [2.05, 4.69) is 47.4 Å². The summed E-state index contributed by atoms with van der Waals surface area (Å²) in [5.41, 5.74) is 2.60. The van der Waals surface area contributed by atoms with Crippen LogP contribution in [0.4, 0.5) is 5.69 Å². The molecule has 2 atom stereocenters. The minimum Gasteiger partial charge on any atom is -0.382 e. The minimum absolute atomic E-state index is 0.230. The van der Waals surface area contributed by atoms with Crippen molar-refractivity contribution in [3.05, 3.63) is 29.8 Å². The number of benzene rings is 1. The van der Waals surface area contributed by atoms with Crippen LogP contribution in [0.15, 0.2) is 24.3 Å². The summed E-state index contributed by atoms with van der Waals surface area (Å²) in [4.78, 5) is 0. The SMILES string of the molecule is N#CC1CCCC(Nc2cccc(CSC3CCOCC3)c2)C1. The summed E-state index contributed by atoms with van der Waals surface area (Å²) in [5.74, 6) is 1.31. The van der Waals surface area contributed by atoms with Crippen LogP contribution in [0, 0.1) is 17.2 Å². The molecule has 124 valence electrons. The van der Waals surface area contributed by atoms with Gasteiger partial charge >= 0.3 is 0 Å². The van der Waals surface area contributed by atoms with Crippen molar-refractivity contribution in [1.29, 1.82) is 5.26 Å². The van der Waals surface area contributed by atoms with Crippen LogP contribution in [0.1, 0.15) is 44.1 Å². The average Bonchev–Trinajstić information content (AvgIpc) is 2.61. The number of nitrogens with zero attached hydrogens (tertiary/aromatic N) is 1. The maximum absolute atomic E-state index is 9.12. The van der Waals surface area contributed by atoms with E-state index in [0.29, 0.717) is 6.04 Å². The van der Waals surface area contributed by atoms with Crippen LogP contribution in [-0.4, -0.2) is 24.5 Å². The fourth-order valence-electron chi connectivity index (χ4n) is 3.48. The smallest absolute Gasteiger partial charge is 0.0656 e. The number of hydrogen-bond donors (Lipinski definition) is 1. The molecule has 0 radical (unpaired) electrons. The highest BCUT2D eigenvalue weighted by Gasteiger charge is 2.21. The summed E-state index contributed by atoms with van der Waals surface area (Å²) >= 11 is 2.06. The molecule has 0 amide bonds. The molecule has 2 fully saturated rings. The molecule has 23 heavy (non-hydrogen) atoms. The van der Waals surface area contributed by atoms with Gasteiger partial charge in [-0.3, -0.25) is 0 Å². The quantitative estimate of drug-likeness (QED) is 0.857. The lowest BCUT2D eigenvalue weighted by Gasteiger charge is -2.27. The Balaban J connectivity index is 1.51. The summed E-state index contributed by atoms with van der Waals surface area (Å²) in [5, 5.41) is 13.5. The maximum atomic E-state index is 9.12. The van der Waals surface area contributed by atoms with Gasteiger partial charge in [-0.05, 0) is 49.8 Å². The van der Waals surface area contributed by atoms with E-state index in [1.807, 2.05) is 0 Å². The molecule has 1 saturated heterocycles. The third-order valence-corrected chi connectivity index (χ3v) is 6.25. The van der Waals surface area contributed by atoms with Crippen LogP contribution in [0.2, 0.25) is 0 Å². The van der Waals surface area contributed by atoms with Crippen molar-refractivity contribution >= 4 is 17.4 Å². The standard InChI is InChI=1S/C19H26N2OS/c20-13-15-3-1-5-17(11-15)21-18-6-2-4-16(12-18)14-23-19-7-9-22-10-8-19/h2,4,6,12,15,17,19,21H,1,3,5,7-11,14H2. The minimum atomic E-state index is 0.230. The molecular weight excluding hydrogens is 304 g/mol. The normalized spacial score (nSPS) is 25.7. The fourth-order valence-corrected chi connectivity index (χ4v) is 4.61. The number of nitrogens with one attached hydrogen (secondary N) is 1. The molecule has 1 saturated carbocycles. The molecular formula is C19H26N2OS. The van der Waals surface area contributed by atoms with E-state index in [1.54, 1.807) is 0 Å². The summed E-state index contributed by atoms with van der Waals surface area (Å²) in [6.07, 6.45) is 6.75. The van der Waals surface area contributed by atoms with Crippen molar-refractivity contribution in [3.8, 4) is 6.07 Å². The molecule has 0 bridgehead atoms. The molecule has 1 N–H and O–H groups in total. The van der Waals surface area contributed by atoms with E-state index < -0.39 is 0 Å². The molecule has 3 nitrogen and oxygen atoms in total. The van der Waals surface area contributed by atoms with Crippen molar-refractivity contribution in [2.24, 2.45) is 5.92 Å². The van der Waals surface area contributed by atoms with Crippen LogP contribution in [-0.2, 0) is 10.5 Å². The van der Waals surface area contributed by atoms with Gasteiger partial charge in [-0.1, -0.05) is 18.6 Å². The zero-order valence-corrected chi connectivity index (χ0v) is 14.5. The van der Waals surface area contributed by atoms with Gasteiger partial charge in [-0.2, -0.15) is 17.0 Å². The second-order valence-corrected chi connectivity index (χ2v) is 7.95. The van der Waals surface area contributed by atoms with Crippen molar-refractivity contribution < 1.29 is 4.74 Å². The van der Waals surface area contributed by atoms with Crippen LogP contribution < -0.4 is 5.32 Å². The molecule has 2 unspecified atom stereocenters. The summed E-state index contributed by atoms with van der Waals surface area (Å²) in [7, 11) is 0. The number of anilines is 1. The Hall–Kier alpha value is -1.18. The first-order valence-corrected chi connectivity index (χ1v) is 9.83. The summed E-state index contributed by atoms with van der Waals surface area (Å²) in [6, 6.07) is 11.7. The predicted octanol–water partition coefficient (Wildman–Crippen LogP) is 4.59. The lowest BCUT2D eigenvalue weighted by atomic mass is 9.86. The van der Waals surface area contributed by atoms with Gasteiger partial charge in [-0.15, -0.1) is 0 Å². The molecule has 1 aromatic carbocycles. The number of thioether (sulfide) groups is 1. The zero-order chi connectivity index (χ0) is 15.9. The van der Waals surface area contributed by atoms with Crippen LogP contribution in [0.25, 0.3) is 0 Å². The van der Waals surface area contributed by atoms with Crippen molar-refractivity contribution in [3.63, 3.8) is 0 Å². The van der Waals surface area contributed by atoms with Gasteiger partial charge < -0.3 is 10.1 Å². The van der Waals surface area contributed by atoms with Gasteiger partial charge in [0.2, 0.25) is 0 Å². The van der Waals surface area contributed by atoms with Gasteiger partial charge in [0.25, 0.3) is 0 Å².